The fourth-order valence-corrected chi connectivity index (χ4v) is 2.43. The summed E-state index contributed by atoms with van der Waals surface area (Å²) in [7, 11) is -1.15. The molecular formula is C10H19N3O2S. The predicted molar refractivity (Wildman–Crippen MR) is 64.0 cm³/mol. The van der Waals surface area contributed by atoms with Gasteiger partial charge in [0.1, 0.15) is 15.7 Å². The smallest absolute Gasteiger partial charge is 0.149 e. The van der Waals surface area contributed by atoms with Crippen molar-refractivity contribution in [1.29, 1.82) is 0 Å². The third-order valence-electron chi connectivity index (χ3n) is 2.28. The minimum Gasteiger partial charge on any atom is -0.337 e. The van der Waals surface area contributed by atoms with Gasteiger partial charge in [-0.15, -0.1) is 0 Å². The van der Waals surface area contributed by atoms with Crippen LogP contribution in [0, 0.1) is 0 Å². The number of rotatable bonds is 6. The van der Waals surface area contributed by atoms with Crippen molar-refractivity contribution in [2.75, 3.05) is 18.6 Å². The molecule has 5 nitrogen and oxygen atoms in total. The predicted octanol–water partition coefficient (Wildman–Crippen LogP) is 0.505. The summed E-state index contributed by atoms with van der Waals surface area (Å²) in [6.45, 7) is 2.83. The number of sulfone groups is 1. The molecule has 1 rings (SSSR count). The van der Waals surface area contributed by atoms with E-state index in [1.54, 1.807) is 6.20 Å². The van der Waals surface area contributed by atoms with Crippen LogP contribution in [0.4, 0.5) is 0 Å². The van der Waals surface area contributed by atoms with Gasteiger partial charge in [0.25, 0.3) is 0 Å². The molecule has 1 atom stereocenters. The molecule has 0 bridgehead atoms. The van der Waals surface area contributed by atoms with Crippen LogP contribution in [-0.4, -0.2) is 36.5 Å². The van der Waals surface area contributed by atoms with Crippen LogP contribution in [0.25, 0.3) is 0 Å². The van der Waals surface area contributed by atoms with E-state index in [1.807, 2.05) is 24.7 Å². The Morgan fingerprint density at radius 2 is 2.25 bits per heavy atom. The lowest BCUT2D eigenvalue weighted by molar-refractivity contribution is 0.518. The minimum atomic E-state index is -3.01. The zero-order valence-corrected chi connectivity index (χ0v) is 10.8. The number of aromatic nitrogens is 2. The number of hydrogen-bond acceptors (Lipinski definition) is 4. The first-order valence-electron chi connectivity index (χ1n) is 5.32. The summed E-state index contributed by atoms with van der Waals surface area (Å²) >= 11 is 0. The monoisotopic (exact) mass is 245 g/mol. The highest BCUT2D eigenvalue weighted by molar-refractivity contribution is 7.90. The summed E-state index contributed by atoms with van der Waals surface area (Å²) in [6.07, 6.45) is 5.71. The van der Waals surface area contributed by atoms with Crippen molar-refractivity contribution in [2.45, 2.75) is 19.4 Å². The van der Waals surface area contributed by atoms with Gasteiger partial charge in [0.15, 0.2) is 0 Å². The largest absolute Gasteiger partial charge is 0.337 e. The van der Waals surface area contributed by atoms with Crippen molar-refractivity contribution in [3.8, 4) is 0 Å². The molecule has 0 amide bonds. The third kappa shape index (κ3) is 3.94. The van der Waals surface area contributed by atoms with Crippen molar-refractivity contribution in [3.05, 3.63) is 18.2 Å². The van der Waals surface area contributed by atoms with Gasteiger partial charge in [0.2, 0.25) is 0 Å². The molecule has 92 valence electrons. The Bertz CT molecular complexity index is 425. The fourth-order valence-electron chi connectivity index (χ4n) is 1.56. The van der Waals surface area contributed by atoms with Crippen LogP contribution in [0.15, 0.2) is 12.4 Å². The van der Waals surface area contributed by atoms with Gasteiger partial charge in [-0.25, -0.2) is 13.4 Å². The van der Waals surface area contributed by atoms with Gasteiger partial charge >= 0.3 is 0 Å². The van der Waals surface area contributed by atoms with E-state index in [9.17, 15) is 8.42 Å². The molecule has 0 radical (unpaired) electrons. The van der Waals surface area contributed by atoms with Crippen molar-refractivity contribution < 1.29 is 8.42 Å². The zero-order valence-electron chi connectivity index (χ0n) is 9.97. The average Bonchev–Trinajstić information content (AvgIpc) is 2.57. The van der Waals surface area contributed by atoms with E-state index in [0.29, 0.717) is 0 Å². The first-order valence-corrected chi connectivity index (χ1v) is 7.38. The maximum absolute atomic E-state index is 11.3. The Labute approximate surface area is 96.8 Å². The number of aryl methyl sites for hydroxylation is 1. The molecule has 1 unspecified atom stereocenters. The van der Waals surface area contributed by atoms with Gasteiger partial charge in [-0.05, 0) is 13.0 Å². The van der Waals surface area contributed by atoms with E-state index in [0.717, 1.165) is 18.8 Å². The molecule has 0 saturated heterocycles. The molecule has 1 aromatic heterocycles. The maximum atomic E-state index is 11.3. The van der Waals surface area contributed by atoms with Crippen molar-refractivity contribution in [2.24, 2.45) is 7.05 Å². The van der Waals surface area contributed by atoms with Crippen LogP contribution in [0.5, 0.6) is 0 Å². The van der Waals surface area contributed by atoms with Gasteiger partial charge < -0.3 is 9.88 Å². The number of imidazole rings is 1. The Hall–Kier alpha value is -0.880. The number of hydrogen-bond donors (Lipinski definition) is 1. The number of nitrogens with one attached hydrogen (secondary N) is 1. The maximum Gasteiger partial charge on any atom is 0.149 e. The summed E-state index contributed by atoms with van der Waals surface area (Å²) in [4.78, 5) is 4.19. The highest BCUT2D eigenvalue weighted by Gasteiger charge is 2.19. The van der Waals surface area contributed by atoms with Crippen molar-refractivity contribution in [3.63, 3.8) is 0 Å². The standard InChI is InChI=1S/C10H19N3O2S/c1-4-5-11-9(8-16(3,14)15)10-12-6-7-13(10)2/h6-7,9,11H,4-5,8H2,1-3H3. The first-order chi connectivity index (χ1) is 7.44. The molecule has 1 aromatic rings. The molecule has 16 heavy (non-hydrogen) atoms. The molecule has 0 saturated carbocycles. The summed E-state index contributed by atoms with van der Waals surface area (Å²) in [5.74, 6) is 0.844. The Balaban J connectivity index is 2.83. The van der Waals surface area contributed by atoms with Crippen LogP contribution in [0.1, 0.15) is 25.2 Å². The second-order valence-corrected chi connectivity index (χ2v) is 6.18. The van der Waals surface area contributed by atoms with Crippen LogP contribution >= 0.6 is 0 Å². The highest BCUT2D eigenvalue weighted by atomic mass is 32.2. The van der Waals surface area contributed by atoms with E-state index >= 15 is 0 Å². The Kier molecular flexibility index (Phi) is 4.49. The lowest BCUT2D eigenvalue weighted by Gasteiger charge is -2.17. The molecule has 0 fully saturated rings. The van der Waals surface area contributed by atoms with Gasteiger partial charge in [-0.2, -0.15) is 0 Å². The van der Waals surface area contributed by atoms with Gasteiger partial charge in [-0.3, -0.25) is 0 Å². The second kappa shape index (κ2) is 5.45. The van der Waals surface area contributed by atoms with Gasteiger partial charge in [0.05, 0.1) is 11.8 Å². The number of nitrogens with zero attached hydrogens (tertiary/aromatic N) is 2. The molecule has 0 spiro atoms. The van der Waals surface area contributed by atoms with Crippen LogP contribution in [0.2, 0.25) is 0 Å². The molecule has 0 aliphatic rings. The quantitative estimate of drug-likeness (QED) is 0.793. The highest BCUT2D eigenvalue weighted by Crippen LogP contribution is 2.12. The lowest BCUT2D eigenvalue weighted by atomic mass is 10.3. The molecule has 1 heterocycles. The third-order valence-corrected chi connectivity index (χ3v) is 3.22. The summed E-state index contributed by atoms with van der Waals surface area (Å²) in [5.41, 5.74) is 0. The van der Waals surface area contributed by atoms with Crippen LogP contribution < -0.4 is 5.32 Å². The van der Waals surface area contributed by atoms with E-state index in [-0.39, 0.29) is 11.8 Å². The fraction of sp³-hybridized carbons (Fsp3) is 0.700. The lowest BCUT2D eigenvalue weighted by Crippen LogP contribution is -2.30. The van der Waals surface area contributed by atoms with E-state index in [4.69, 9.17) is 0 Å². The molecular weight excluding hydrogens is 226 g/mol. The summed E-state index contributed by atoms with van der Waals surface area (Å²) in [5, 5.41) is 3.21. The molecule has 0 aromatic carbocycles. The topological polar surface area (TPSA) is 64.0 Å². The van der Waals surface area contributed by atoms with E-state index in [1.165, 1.54) is 6.26 Å². The van der Waals surface area contributed by atoms with Gasteiger partial charge in [-0.1, -0.05) is 6.92 Å². The zero-order chi connectivity index (χ0) is 12.2. The normalized spacial score (nSPS) is 13.9. The van der Waals surface area contributed by atoms with Crippen molar-refractivity contribution >= 4 is 9.84 Å². The first kappa shape index (κ1) is 13.2. The SMILES string of the molecule is CCCNC(CS(C)(=O)=O)c1nccn1C. The van der Waals surface area contributed by atoms with E-state index < -0.39 is 9.84 Å². The van der Waals surface area contributed by atoms with Gasteiger partial charge in [0, 0.05) is 25.7 Å². The summed E-state index contributed by atoms with van der Waals surface area (Å²) < 4.78 is 24.5. The molecule has 6 heteroatoms. The molecule has 1 N–H and O–H groups in total. The van der Waals surface area contributed by atoms with Crippen molar-refractivity contribution in [1.82, 2.24) is 14.9 Å². The second-order valence-electron chi connectivity index (χ2n) is 4.00. The van der Waals surface area contributed by atoms with Crippen LogP contribution in [0.3, 0.4) is 0 Å². The van der Waals surface area contributed by atoms with E-state index in [2.05, 4.69) is 10.3 Å². The summed E-state index contributed by atoms with van der Waals surface area (Å²) in [6, 6.07) is -0.227. The Morgan fingerprint density at radius 1 is 1.56 bits per heavy atom. The Morgan fingerprint density at radius 3 is 2.69 bits per heavy atom. The van der Waals surface area contributed by atoms with Crippen LogP contribution in [-0.2, 0) is 16.9 Å². The molecule has 0 aliphatic heterocycles. The average molecular weight is 245 g/mol. The molecule has 0 aliphatic carbocycles. The minimum absolute atomic E-state index is 0.0812.